The highest BCUT2D eigenvalue weighted by Crippen LogP contribution is 2.12. The van der Waals surface area contributed by atoms with Crippen molar-refractivity contribution in [3.63, 3.8) is 0 Å². The van der Waals surface area contributed by atoms with Crippen molar-refractivity contribution in [1.29, 1.82) is 0 Å². The van der Waals surface area contributed by atoms with Crippen LogP contribution in [-0.2, 0) is 19.1 Å². The quantitative estimate of drug-likeness (QED) is 0.724. The fourth-order valence-electron chi connectivity index (χ4n) is 2.01. The van der Waals surface area contributed by atoms with Gasteiger partial charge in [-0.2, -0.15) is 0 Å². The second-order valence-corrected chi connectivity index (χ2v) is 5.58. The Bertz CT molecular complexity index is 567. The molecule has 0 unspecified atom stereocenters. The Kier molecular flexibility index (Phi) is 7.74. The molecular weight excluding hydrogens is 314 g/mol. The van der Waals surface area contributed by atoms with Crippen molar-refractivity contribution < 1.29 is 28.6 Å². The zero-order valence-electron chi connectivity index (χ0n) is 14.3. The number of benzene rings is 1. The van der Waals surface area contributed by atoms with Gasteiger partial charge in [0.25, 0.3) is 5.91 Å². The number of carbonyl (C=O) groups excluding carboxylic acids is 3. The summed E-state index contributed by atoms with van der Waals surface area (Å²) in [5.41, 5.74) is 0.301. The van der Waals surface area contributed by atoms with Gasteiger partial charge >= 0.3 is 11.9 Å². The van der Waals surface area contributed by atoms with Crippen LogP contribution >= 0.6 is 0 Å². The third kappa shape index (κ3) is 6.28. The average molecular weight is 337 g/mol. The molecule has 1 rings (SSSR count). The minimum absolute atomic E-state index is 0.191. The fraction of sp³-hybridized carbons (Fsp3) is 0.471. The Balaban J connectivity index is 2.53. The maximum absolute atomic E-state index is 11.9. The summed E-state index contributed by atoms with van der Waals surface area (Å²) in [6.07, 6.45) is 0.435. The van der Waals surface area contributed by atoms with Crippen molar-refractivity contribution >= 4 is 17.8 Å². The minimum atomic E-state index is -0.762. The monoisotopic (exact) mass is 337 g/mol. The van der Waals surface area contributed by atoms with Gasteiger partial charge in [0.05, 0.1) is 19.8 Å². The van der Waals surface area contributed by atoms with E-state index in [2.05, 4.69) is 10.1 Å². The molecule has 1 N–H and O–H groups in total. The third-order valence-electron chi connectivity index (χ3n) is 3.19. The molecule has 7 heteroatoms. The topological polar surface area (TPSA) is 90.9 Å². The van der Waals surface area contributed by atoms with Crippen molar-refractivity contribution in [1.82, 2.24) is 5.32 Å². The number of hydrogen-bond acceptors (Lipinski definition) is 6. The molecule has 0 spiro atoms. The molecule has 1 aromatic carbocycles. The van der Waals surface area contributed by atoms with Crippen molar-refractivity contribution in [3.8, 4) is 5.75 Å². The van der Waals surface area contributed by atoms with Gasteiger partial charge in [-0.25, -0.2) is 9.59 Å². The van der Waals surface area contributed by atoms with Crippen LogP contribution in [-0.4, -0.2) is 44.7 Å². The number of methoxy groups -OCH3 is 2. The summed E-state index contributed by atoms with van der Waals surface area (Å²) in [4.78, 5) is 35.4. The second kappa shape index (κ2) is 9.54. The summed E-state index contributed by atoms with van der Waals surface area (Å²) in [5.74, 6) is -0.923. The molecule has 0 aliphatic rings. The number of hydrogen-bond donors (Lipinski definition) is 1. The van der Waals surface area contributed by atoms with Gasteiger partial charge in [-0.1, -0.05) is 13.8 Å². The Hall–Kier alpha value is -2.57. The highest BCUT2D eigenvalue weighted by Gasteiger charge is 2.23. The summed E-state index contributed by atoms with van der Waals surface area (Å²) in [5, 5.41) is 2.51. The lowest BCUT2D eigenvalue weighted by molar-refractivity contribution is -0.145. The molecule has 0 saturated carbocycles. The van der Waals surface area contributed by atoms with E-state index in [1.807, 2.05) is 13.8 Å². The van der Waals surface area contributed by atoms with Gasteiger partial charge in [-0.15, -0.1) is 0 Å². The molecule has 1 aromatic rings. The van der Waals surface area contributed by atoms with Gasteiger partial charge in [0, 0.05) is 0 Å². The molecule has 0 heterocycles. The van der Waals surface area contributed by atoms with Crippen LogP contribution in [0.1, 0.15) is 30.6 Å². The molecule has 132 valence electrons. The number of ether oxygens (including phenoxy) is 3. The molecule has 0 radical (unpaired) electrons. The normalized spacial score (nSPS) is 11.5. The molecule has 0 saturated heterocycles. The van der Waals surface area contributed by atoms with Crippen molar-refractivity contribution in [2.75, 3.05) is 20.8 Å². The first-order chi connectivity index (χ1) is 11.4. The van der Waals surface area contributed by atoms with Crippen LogP contribution in [0.15, 0.2) is 24.3 Å². The number of amides is 1. The molecule has 0 aromatic heterocycles. The highest BCUT2D eigenvalue weighted by atomic mass is 16.5. The number of nitrogens with one attached hydrogen (secondary N) is 1. The van der Waals surface area contributed by atoms with Gasteiger partial charge in [0.1, 0.15) is 11.8 Å². The van der Waals surface area contributed by atoms with Crippen molar-refractivity contribution in [2.45, 2.75) is 26.3 Å². The molecule has 0 fully saturated rings. The molecule has 1 amide bonds. The number of rotatable bonds is 8. The van der Waals surface area contributed by atoms with Gasteiger partial charge in [0.2, 0.25) is 0 Å². The van der Waals surface area contributed by atoms with Crippen LogP contribution in [0.3, 0.4) is 0 Å². The Morgan fingerprint density at radius 2 is 1.71 bits per heavy atom. The number of carbonyl (C=O) groups is 3. The smallest absolute Gasteiger partial charge is 0.338 e. The maximum atomic E-state index is 11.9. The van der Waals surface area contributed by atoms with Gasteiger partial charge in [-0.05, 0) is 36.6 Å². The summed E-state index contributed by atoms with van der Waals surface area (Å²) in [6, 6.07) is 5.55. The summed E-state index contributed by atoms with van der Waals surface area (Å²) in [6.45, 7) is 3.37. The predicted molar refractivity (Wildman–Crippen MR) is 86.7 cm³/mol. The van der Waals surface area contributed by atoms with E-state index in [0.29, 0.717) is 17.7 Å². The van der Waals surface area contributed by atoms with E-state index in [9.17, 15) is 14.4 Å². The molecular formula is C17H23NO6. The SMILES string of the molecule is COC(=O)[C@H](CC(C)C)NC(=O)COC(=O)c1ccc(OC)cc1. The van der Waals surface area contributed by atoms with Gasteiger partial charge < -0.3 is 19.5 Å². The third-order valence-corrected chi connectivity index (χ3v) is 3.19. The van der Waals surface area contributed by atoms with E-state index < -0.39 is 30.5 Å². The van der Waals surface area contributed by atoms with E-state index >= 15 is 0 Å². The number of esters is 2. The van der Waals surface area contributed by atoms with E-state index in [1.54, 1.807) is 12.1 Å². The van der Waals surface area contributed by atoms with Crippen molar-refractivity contribution in [3.05, 3.63) is 29.8 Å². The molecule has 1 atom stereocenters. The second-order valence-electron chi connectivity index (χ2n) is 5.58. The standard InChI is InChI=1S/C17H23NO6/c1-11(2)9-14(17(21)23-4)18-15(19)10-24-16(20)12-5-7-13(22-3)8-6-12/h5-8,11,14H,9-10H2,1-4H3,(H,18,19)/t14-/m0/s1. The first kappa shape index (κ1) is 19.5. The van der Waals surface area contributed by atoms with Crippen LogP contribution in [0.2, 0.25) is 0 Å². The predicted octanol–water partition coefficient (Wildman–Crippen LogP) is 1.56. The Morgan fingerprint density at radius 3 is 2.21 bits per heavy atom. The summed E-state index contributed by atoms with van der Waals surface area (Å²) in [7, 11) is 2.78. The first-order valence-electron chi connectivity index (χ1n) is 7.55. The highest BCUT2D eigenvalue weighted by molar-refractivity contribution is 5.92. The molecule has 0 aliphatic carbocycles. The summed E-state index contributed by atoms with van der Waals surface area (Å²) < 4.78 is 14.6. The lowest BCUT2D eigenvalue weighted by Gasteiger charge is -2.18. The van der Waals surface area contributed by atoms with Crippen LogP contribution in [0.4, 0.5) is 0 Å². The summed E-state index contributed by atoms with van der Waals surface area (Å²) >= 11 is 0. The lowest BCUT2D eigenvalue weighted by atomic mass is 10.0. The van der Waals surface area contributed by atoms with E-state index in [4.69, 9.17) is 9.47 Å². The van der Waals surface area contributed by atoms with E-state index in [1.165, 1.54) is 26.4 Å². The van der Waals surface area contributed by atoms with Crippen molar-refractivity contribution in [2.24, 2.45) is 5.92 Å². The average Bonchev–Trinajstić information content (AvgIpc) is 2.58. The fourth-order valence-corrected chi connectivity index (χ4v) is 2.01. The van der Waals surface area contributed by atoms with Gasteiger partial charge in [-0.3, -0.25) is 4.79 Å². The molecule has 0 bridgehead atoms. The van der Waals surface area contributed by atoms with Crippen LogP contribution in [0, 0.1) is 5.92 Å². The zero-order valence-corrected chi connectivity index (χ0v) is 14.3. The minimum Gasteiger partial charge on any atom is -0.497 e. The van der Waals surface area contributed by atoms with Crippen LogP contribution in [0.5, 0.6) is 5.75 Å². The largest absolute Gasteiger partial charge is 0.497 e. The molecule has 24 heavy (non-hydrogen) atoms. The lowest BCUT2D eigenvalue weighted by Crippen LogP contribution is -2.44. The first-order valence-corrected chi connectivity index (χ1v) is 7.55. The maximum Gasteiger partial charge on any atom is 0.338 e. The Labute approximate surface area is 141 Å². The van der Waals surface area contributed by atoms with Gasteiger partial charge in [0.15, 0.2) is 6.61 Å². The zero-order chi connectivity index (χ0) is 18.1. The molecule has 0 aliphatic heterocycles. The van der Waals surface area contributed by atoms with E-state index in [0.717, 1.165) is 0 Å². The van der Waals surface area contributed by atoms with Crippen LogP contribution in [0.25, 0.3) is 0 Å². The molecule has 7 nitrogen and oxygen atoms in total. The van der Waals surface area contributed by atoms with Crippen LogP contribution < -0.4 is 10.1 Å². The van der Waals surface area contributed by atoms with E-state index in [-0.39, 0.29) is 5.92 Å². The Morgan fingerprint density at radius 1 is 1.08 bits per heavy atom.